The Labute approximate surface area is 164 Å². The monoisotopic (exact) mass is 382 g/mol. The zero-order chi connectivity index (χ0) is 20.3. The van der Waals surface area contributed by atoms with Gasteiger partial charge in [-0.2, -0.15) is 0 Å². The number of carbonyl (C=O) groups is 1. The summed E-state index contributed by atoms with van der Waals surface area (Å²) in [6.45, 7) is 6.90. The van der Waals surface area contributed by atoms with Gasteiger partial charge in [-0.25, -0.2) is 4.39 Å². The summed E-state index contributed by atoms with van der Waals surface area (Å²) in [6.07, 6.45) is 6.17. The van der Waals surface area contributed by atoms with Crippen LogP contribution < -0.4 is 11.1 Å². The highest BCUT2D eigenvalue weighted by atomic mass is 19.1. The fraction of sp³-hybridized carbons (Fsp3) is 0.364. The van der Waals surface area contributed by atoms with E-state index in [-0.39, 0.29) is 11.7 Å². The molecule has 6 heteroatoms. The van der Waals surface area contributed by atoms with E-state index in [0.717, 1.165) is 28.6 Å². The van der Waals surface area contributed by atoms with E-state index in [0.29, 0.717) is 12.3 Å². The van der Waals surface area contributed by atoms with Gasteiger partial charge in [-0.05, 0) is 43.0 Å². The van der Waals surface area contributed by atoms with Gasteiger partial charge in [-0.3, -0.25) is 9.78 Å². The standard InChI is InChI=1S/C22H27FN4O/c1-4-27-13-18(17-9-10-25-12-20(17)27)21(15-5-7-16(23)8-6-15)26-22(28)19(24)11-14(2)3/h5-10,12-14,19,21H,4,11,24H2,1-3H3,(H,26,28)/t19-,21+/m0/s1. The molecule has 0 saturated heterocycles. The van der Waals surface area contributed by atoms with E-state index in [1.165, 1.54) is 12.1 Å². The second kappa shape index (κ2) is 8.52. The van der Waals surface area contributed by atoms with Crippen LogP contribution in [0.25, 0.3) is 10.9 Å². The highest BCUT2D eigenvalue weighted by Crippen LogP contribution is 2.31. The van der Waals surface area contributed by atoms with Crippen molar-refractivity contribution >= 4 is 16.8 Å². The molecule has 0 spiro atoms. The highest BCUT2D eigenvalue weighted by Gasteiger charge is 2.24. The molecule has 0 aliphatic heterocycles. The third-order valence-electron chi connectivity index (χ3n) is 4.92. The van der Waals surface area contributed by atoms with Crippen molar-refractivity contribution in [2.75, 3.05) is 0 Å². The van der Waals surface area contributed by atoms with Crippen LogP contribution in [0.1, 0.15) is 44.4 Å². The summed E-state index contributed by atoms with van der Waals surface area (Å²) >= 11 is 0. The summed E-state index contributed by atoms with van der Waals surface area (Å²) in [7, 11) is 0. The normalized spacial score (nSPS) is 13.6. The van der Waals surface area contributed by atoms with Gasteiger partial charge in [0.25, 0.3) is 0 Å². The van der Waals surface area contributed by atoms with Crippen LogP contribution in [0, 0.1) is 11.7 Å². The number of hydrogen-bond donors (Lipinski definition) is 2. The van der Waals surface area contributed by atoms with Crippen LogP contribution in [0.15, 0.2) is 48.9 Å². The van der Waals surface area contributed by atoms with Crippen molar-refractivity contribution in [3.05, 3.63) is 65.9 Å². The number of aromatic nitrogens is 2. The molecule has 1 amide bonds. The zero-order valence-corrected chi connectivity index (χ0v) is 16.5. The minimum Gasteiger partial charge on any atom is -0.346 e. The van der Waals surface area contributed by atoms with Gasteiger partial charge in [-0.15, -0.1) is 0 Å². The van der Waals surface area contributed by atoms with Crippen LogP contribution in [0.5, 0.6) is 0 Å². The van der Waals surface area contributed by atoms with Crippen molar-refractivity contribution in [1.82, 2.24) is 14.9 Å². The maximum absolute atomic E-state index is 13.5. The van der Waals surface area contributed by atoms with Crippen LogP contribution in [-0.2, 0) is 11.3 Å². The molecule has 0 unspecified atom stereocenters. The number of nitrogens with zero attached hydrogens (tertiary/aromatic N) is 2. The average Bonchev–Trinajstić information content (AvgIpc) is 3.05. The van der Waals surface area contributed by atoms with Gasteiger partial charge in [-0.1, -0.05) is 26.0 Å². The van der Waals surface area contributed by atoms with Gasteiger partial charge in [0, 0.05) is 29.9 Å². The number of hydrogen-bond acceptors (Lipinski definition) is 3. The molecule has 3 rings (SSSR count). The van der Waals surface area contributed by atoms with Crippen molar-refractivity contribution in [2.24, 2.45) is 11.7 Å². The summed E-state index contributed by atoms with van der Waals surface area (Å²) in [5.74, 6) is -0.210. The van der Waals surface area contributed by atoms with Crippen LogP contribution >= 0.6 is 0 Å². The maximum Gasteiger partial charge on any atom is 0.237 e. The van der Waals surface area contributed by atoms with E-state index in [2.05, 4.69) is 21.8 Å². The molecule has 3 aromatic rings. The van der Waals surface area contributed by atoms with Gasteiger partial charge in [0.15, 0.2) is 0 Å². The molecule has 0 fully saturated rings. The van der Waals surface area contributed by atoms with Gasteiger partial charge < -0.3 is 15.6 Å². The molecule has 0 aliphatic rings. The number of benzene rings is 1. The Kier molecular flexibility index (Phi) is 6.09. The summed E-state index contributed by atoms with van der Waals surface area (Å²) < 4.78 is 15.6. The molecule has 148 valence electrons. The summed E-state index contributed by atoms with van der Waals surface area (Å²) in [5, 5.41) is 4.09. The van der Waals surface area contributed by atoms with Gasteiger partial charge >= 0.3 is 0 Å². The molecule has 3 N–H and O–H groups in total. The molecule has 5 nitrogen and oxygen atoms in total. The fourth-order valence-corrected chi connectivity index (χ4v) is 3.52. The molecule has 0 saturated carbocycles. The van der Waals surface area contributed by atoms with Crippen molar-refractivity contribution in [3.63, 3.8) is 0 Å². The lowest BCUT2D eigenvalue weighted by atomic mass is 9.97. The number of halogens is 1. The van der Waals surface area contributed by atoms with Crippen LogP contribution in [0.2, 0.25) is 0 Å². The highest BCUT2D eigenvalue weighted by molar-refractivity contribution is 5.87. The SMILES string of the molecule is CCn1cc([C@H](NC(=O)[C@@H](N)CC(C)C)c2ccc(F)cc2)c2ccncc21. The smallest absolute Gasteiger partial charge is 0.237 e. The topological polar surface area (TPSA) is 72.9 Å². The van der Waals surface area contributed by atoms with Crippen LogP contribution in [-0.4, -0.2) is 21.5 Å². The minimum absolute atomic E-state index is 0.213. The number of fused-ring (bicyclic) bond motifs is 1. The first-order valence-electron chi connectivity index (χ1n) is 9.64. The van der Waals surface area contributed by atoms with Crippen molar-refractivity contribution < 1.29 is 9.18 Å². The van der Waals surface area contributed by atoms with Crippen LogP contribution in [0.4, 0.5) is 4.39 Å². The lowest BCUT2D eigenvalue weighted by Gasteiger charge is -2.22. The van der Waals surface area contributed by atoms with Gasteiger partial charge in [0.1, 0.15) is 5.82 Å². The van der Waals surface area contributed by atoms with Crippen molar-refractivity contribution in [1.29, 1.82) is 0 Å². The van der Waals surface area contributed by atoms with Gasteiger partial charge in [0.05, 0.1) is 23.8 Å². The first kappa shape index (κ1) is 20.0. The number of pyridine rings is 1. The molecule has 0 radical (unpaired) electrons. The van der Waals surface area contributed by atoms with E-state index >= 15 is 0 Å². The van der Waals surface area contributed by atoms with Gasteiger partial charge in [0.2, 0.25) is 5.91 Å². The van der Waals surface area contributed by atoms with Crippen LogP contribution in [0.3, 0.4) is 0 Å². The molecule has 2 atom stereocenters. The summed E-state index contributed by atoms with van der Waals surface area (Å²) in [5.41, 5.74) is 8.84. The Bertz CT molecular complexity index is 949. The molecule has 28 heavy (non-hydrogen) atoms. The quantitative estimate of drug-likeness (QED) is 0.653. The lowest BCUT2D eigenvalue weighted by Crippen LogP contribution is -2.43. The third-order valence-corrected chi connectivity index (χ3v) is 4.92. The minimum atomic E-state index is -0.593. The molecule has 2 heterocycles. The summed E-state index contributed by atoms with van der Waals surface area (Å²) in [4.78, 5) is 17.0. The molecular weight excluding hydrogens is 355 g/mol. The van der Waals surface area contributed by atoms with E-state index in [1.807, 2.05) is 32.3 Å². The predicted molar refractivity (Wildman–Crippen MR) is 109 cm³/mol. The molecule has 0 aliphatic carbocycles. The molecule has 0 bridgehead atoms. The second-order valence-corrected chi connectivity index (χ2v) is 7.49. The van der Waals surface area contributed by atoms with E-state index in [1.54, 1.807) is 18.3 Å². The number of rotatable bonds is 7. The average molecular weight is 382 g/mol. The first-order valence-corrected chi connectivity index (χ1v) is 9.64. The molecular formula is C22H27FN4O. The second-order valence-electron chi connectivity index (χ2n) is 7.49. The first-order chi connectivity index (χ1) is 13.4. The number of carbonyl (C=O) groups excluding carboxylic acids is 1. The Morgan fingerprint density at radius 1 is 1.25 bits per heavy atom. The third kappa shape index (κ3) is 4.22. The number of amides is 1. The zero-order valence-electron chi connectivity index (χ0n) is 16.5. The summed E-state index contributed by atoms with van der Waals surface area (Å²) in [6, 6.07) is 7.13. The fourth-order valence-electron chi connectivity index (χ4n) is 3.52. The number of aryl methyl sites for hydroxylation is 1. The lowest BCUT2D eigenvalue weighted by molar-refractivity contribution is -0.123. The Morgan fingerprint density at radius 3 is 2.61 bits per heavy atom. The van der Waals surface area contributed by atoms with Crippen molar-refractivity contribution in [2.45, 2.75) is 45.8 Å². The molecule has 1 aromatic carbocycles. The van der Waals surface area contributed by atoms with Crippen molar-refractivity contribution in [3.8, 4) is 0 Å². The maximum atomic E-state index is 13.5. The Hall–Kier alpha value is -2.73. The number of nitrogens with two attached hydrogens (primary N) is 1. The van der Waals surface area contributed by atoms with E-state index in [4.69, 9.17) is 5.73 Å². The van der Waals surface area contributed by atoms with E-state index in [9.17, 15) is 9.18 Å². The Morgan fingerprint density at radius 2 is 1.96 bits per heavy atom. The molecule has 2 aromatic heterocycles. The Balaban J connectivity index is 2.04. The number of nitrogens with one attached hydrogen (secondary N) is 1. The van der Waals surface area contributed by atoms with E-state index < -0.39 is 12.1 Å². The predicted octanol–water partition coefficient (Wildman–Crippen LogP) is 3.77. The largest absolute Gasteiger partial charge is 0.346 e.